The number of imidazole rings is 1. The van der Waals surface area contributed by atoms with E-state index in [1.165, 1.54) is 6.33 Å². The Labute approximate surface area is 142 Å². The molecule has 0 saturated carbocycles. The molecule has 0 aromatic carbocycles. The number of aromatic nitrogens is 2. The number of piperidine rings is 1. The molecule has 0 amide bonds. The molecule has 0 bridgehead atoms. The summed E-state index contributed by atoms with van der Waals surface area (Å²) in [6.45, 7) is 9.05. The Kier molecular flexibility index (Phi) is 5.05. The van der Waals surface area contributed by atoms with Crippen LogP contribution in [0.4, 0.5) is 11.6 Å². The van der Waals surface area contributed by atoms with Gasteiger partial charge in [0.25, 0.3) is 0 Å². The number of rotatable bonds is 4. The van der Waals surface area contributed by atoms with E-state index in [0.29, 0.717) is 23.9 Å². The van der Waals surface area contributed by atoms with E-state index in [1.54, 1.807) is 4.57 Å². The normalized spacial score (nSPS) is 26.7. The van der Waals surface area contributed by atoms with Crippen LogP contribution in [0.2, 0.25) is 0 Å². The molecular formula is C16H27N5O3. The van der Waals surface area contributed by atoms with Gasteiger partial charge in [-0.3, -0.25) is 9.47 Å². The first-order valence-corrected chi connectivity index (χ1v) is 8.72. The van der Waals surface area contributed by atoms with E-state index in [0.717, 1.165) is 45.6 Å². The molecule has 8 nitrogen and oxygen atoms in total. The fourth-order valence-electron chi connectivity index (χ4n) is 4.03. The van der Waals surface area contributed by atoms with Crippen molar-refractivity contribution < 1.29 is 9.66 Å². The van der Waals surface area contributed by atoms with E-state index in [-0.39, 0.29) is 5.82 Å². The molecule has 24 heavy (non-hydrogen) atoms. The fraction of sp³-hybridized carbons (Fsp3) is 0.812. The van der Waals surface area contributed by atoms with Crippen LogP contribution in [0, 0.1) is 16.0 Å². The minimum absolute atomic E-state index is 0.0354. The quantitative estimate of drug-likeness (QED) is 0.614. The van der Waals surface area contributed by atoms with Crippen LogP contribution in [0.25, 0.3) is 0 Å². The molecule has 1 aromatic heterocycles. The average molecular weight is 337 g/mol. The summed E-state index contributed by atoms with van der Waals surface area (Å²) in [5.74, 6) is 1.24. The number of morpholine rings is 1. The summed E-state index contributed by atoms with van der Waals surface area (Å²) in [7, 11) is 1.82. The van der Waals surface area contributed by atoms with Gasteiger partial charge in [0.1, 0.15) is 0 Å². The average Bonchev–Trinajstić information content (AvgIpc) is 2.89. The van der Waals surface area contributed by atoms with Crippen molar-refractivity contribution in [3.05, 3.63) is 16.4 Å². The highest BCUT2D eigenvalue weighted by molar-refractivity contribution is 5.54. The van der Waals surface area contributed by atoms with Gasteiger partial charge in [0.15, 0.2) is 0 Å². The van der Waals surface area contributed by atoms with E-state index < -0.39 is 4.92 Å². The summed E-state index contributed by atoms with van der Waals surface area (Å²) in [4.78, 5) is 19.3. The molecule has 8 heteroatoms. The third-order valence-electron chi connectivity index (χ3n) is 4.99. The van der Waals surface area contributed by atoms with Gasteiger partial charge in [0, 0.05) is 39.8 Å². The molecule has 0 spiro atoms. The van der Waals surface area contributed by atoms with Gasteiger partial charge in [0.05, 0.1) is 12.2 Å². The number of hydrogen-bond acceptors (Lipinski definition) is 6. The molecule has 0 radical (unpaired) electrons. The molecule has 2 saturated heterocycles. The Morgan fingerprint density at radius 2 is 1.92 bits per heavy atom. The molecule has 0 aliphatic carbocycles. The summed E-state index contributed by atoms with van der Waals surface area (Å²) >= 11 is 0. The standard InChI is InChI=1S/C16H27N5O3/c1-12-8-19(9-13(2)24-12)10-14-4-6-20(7-5-14)16-15(21(22)23)17-11-18(16)3/h11-14H,4-10H2,1-3H3/t12-,13+. The van der Waals surface area contributed by atoms with Crippen LogP contribution < -0.4 is 4.90 Å². The summed E-state index contributed by atoms with van der Waals surface area (Å²) < 4.78 is 7.55. The third kappa shape index (κ3) is 3.70. The zero-order chi connectivity index (χ0) is 17.3. The third-order valence-corrected chi connectivity index (χ3v) is 4.99. The van der Waals surface area contributed by atoms with Crippen molar-refractivity contribution in [3.63, 3.8) is 0 Å². The number of aryl methyl sites for hydroxylation is 1. The van der Waals surface area contributed by atoms with E-state index in [2.05, 4.69) is 28.6 Å². The van der Waals surface area contributed by atoms with Gasteiger partial charge in [-0.05, 0) is 42.5 Å². The van der Waals surface area contributed by atoms with Crippen LogP contribution in [0.15, 0.2) is 6.33 Å². The molecule has 134 valence electrons. The summed E-state index contributed by atoms with van der Waals surface area (Å²) in [5, 5.41) is 11.2. The minimum Gasteiger partial charge on any atom is -0.373 e. The molecule has 2 aliphatic heterocycles. The lowest BCUT2D eigenvalue weighted by molar-refractivity contribution is -0.388. The Balaban J connectivity index is 1.56. The predicted molar refractivity (Wildman–Crippen MR) is 91.2 cm³/mol. The summed E-state index contributed by atoms with van der Waals surface area (Å²) in [5.41, 5.74) is 0. The maximum absolute atomic E-state index is 11.2. The van der Waals surface area contributed by atoms with E-state index in [9.17, 15) is 10.1 Å². The summed E-state index contributed by atoms with van der Waals surface area (Å²) in [6, 6.07) is 0. The van der Waals surface area contributed by atoms with Gasteiger partial charge in [-0.25, -0.2) is 0 Å². The molecule has 2 aliphatic rings. The first-order chi connectivity index (χ1) is 11.4. The van der Waals surface area contributed by atoms with Gasteiger partial charge < -0.3 is 19.8 Å². The molecule has 3 rings (SSSR count). The van der Waals surface area contributed by atoms with Crippen molar-refractivity contribution in [1.29, 1.82) is 0 Å². The lowest BCUT2D eigenvalue weighted by Crippen LogP contribution is -2.48. The maximum atomic E-state index is 11.2. The molecule has 2 fully saturated rings. The lowest BCUT2D eigenvalue weighted by atomic mass is 9.95. The van der Waals surface area contributed by atoms with Crippen LogP contribution in [0.5, 0.6) is 0 Å². The molecule has 1 aromatic rings. The minimum atomic E-state index is -0.391. The Bertz CT molecular complexity index is 572. The number of ether oxygens (including phenoxy) is 1. The van der Waals surface area contributed by atoms with Crippen LogP contribution in [0.3, 0.4) is 0 Å². The Morgan fingerprint density at radius 1 is 1.29 bits per heavy atom. The monoisotopic (exact) mass is 337 g/mol. The predicted octanol–water partition coefficient (Wildman–Crippen LogP) is 1.65. The van der Waals surface area contributed by atoms with Crippen molar-refractivity contribution in [2.24, 2.45) is 13.0 Å². The second-order valence-electron chi connectivity index (χ2n) is 7.17. The van der Waals surface area contributed by atoms with Gasteiger partial charge in [-0.15, -0.1) is 0 Å². The van der Waals surface area contributed by atoms with Crippen LogP contribution in [0.1, 0.15) is 26.7 Å². The molecule has 3 heterocycles. The van der Waals surface area contributed by atoms with Crippen LogP contribution in [-0.4, -0.2) is 64.3 Å². The van der Waals surface area contributed by atoms with Crippen molar-refractivity contribution in [1.82, 2.24) is 14.5 Å². The number of nitro groups is 1. The van der Waals surface area contributed by atoms with Crippen LogP contribution in [-0.2, 0) is 11.8 Å². The molecule has 0 unspecified atom stereocenters. The Morgan fingerprint density at radius 3 is 2.50 bits per heavy atom. The topological polar surface area (TPSA) is 76.7 Å². The highest BCUT2D eigenvalue weighted by Crippen LogP contribution is 2.30. The lowest BCUT2D eigenvalue weighted by Gasteiger charge is -2.39. The van der Waals surface area contributed by atoms with Crippen molar-refractivity contribution in [2.45, 2.75) is 38.9 Å². The Hall–Kier alpha value is -1.67. The first kappa shape index (κ1) is 17.2. The number of anilines is 1. The largest absolute Gasteiger partial charge is 0.406 e. The zero-order valence-corrected chi connectivity index (χ0v) is 14.7. The van der Waals surface area contributed by atoms with E-state index in [4.69, 9.17) is 4.74 Å². The van der Waals surface area contributed by atoms with Gasteiger partial charge in [0.2, 0.25) is 12.1 Å². The SMILES string of the molecule is C[C@@H]1CN(CC2CCN(c3c([N+](=O)[O-])ncn3C)CC2)C[C@H](C)O1. The number of nitrogens with zero attached hydrogens (tertiary/aromatic N) is 5. The second kappa shape index (κ2) is 7.06. The number of hydrogen-bond donors (Lipinski definition) is 0. The van der Waals surface area contributed by atoms with E-state index >= 15 is 0 Å². The second-order valence-corrected chi connectivity index (χ2v) is 7.17. The molecular weight excluding hydrogens is 310 g/mol. The van der Waals surface area contributed by atoms with Gasteiger partial charge in [-0.2, -0.15) is 0 Å². The highest BCUT2D eigenvalue weighted by Gasteiger charge is 2.30. The molecule has 2 atom stereocenters. The van der Waals surface area contributed by atoms with Crippen molar-refractivity contribution in [2.75, 3.05) is 37.6 Å². The summed E-state index contributed by atoms with van der Waals surface area (Å²) in [6.07, 6.45) is 4.23. The fourth-order valence-corrected chi connectivity index (χ4v) is 4.03. The maximum Gasteiger partial charge on any atom is 0.406 e. The van der Waals surface area contributed by atoms with Gasteiger partial charge in [-0.1, -0.05) is 0 Å². The van der Waals surface area contributed by atoms with Gasteiger partial charge >= 0.3 is 5.82 Å². The van der Waals surface area contributed by atoms with Crippen molar-refractivity contribution >= 4 is 11.6 Å². The highest BCUT2D eigenvalue weighted by atomic mass is 16.6. The first-order valence-electron chi connectivity index (χ1n) is 8.72. The smallest absolute Gasteiger partial charge is 0.373 e. The zero-order valence-electron chi connectivity index (χ0n) is 14.7. The van der Waals surface area contributed by atoms with Crippen LogP contribution >= 0.6 is 0 Å². The van der Waals surface area contributed by atoms with E-state index in [1.807, 2.05) is 7.05 Å². The van der Waals surface area contributed by atoms with Crippen molar-refractivity contribution in [3.8, 4) is 0 Å². The molecule has 0 N–H and O–H groups in total.